The SMILES string of the molecule is CC1CN2CCCCC2CN1CC(NC1CC1)C(=O)O. The number of nitrogens with one attached hydrogen (secondary N) is 1. The molecule has 3 atom stereocenters. The minimum Gasteiger partial charge on any atom is -0.480 e. The molecule has 2 heterocycles. The molecule has 20 heavy (non-hydrogen) atoms. The molecule has 1 saturated carbocycles. The minimum atomic E-state index is -0.699. The number of carbonyl (C=O) groups is 1. The maximum atomic E-state index is 11.4. The molecule has 3 unspecified atom stereocenters. The molecule has 1 aliphatic carbocycles. The smallest absolute Gasteiger partial charge is 0.322 e. The predicted octanol–water partition coefficient (Wildman–Crippen LogP) is 0.750. The highest BCUT2D eigenvalue weighted by Gasteiger charge is 2.36. The van der Waals surface area contributed by atoms with Gasteiger partial charge in [0, 0.05) is 37.8 Å². The van der Waals surface area contributed by atoms with Crippen LogP contribution in [0, 0.1) is 0 Å². The number of piperazine rings is 1. The van der Waals surface area contributed by atoms with E-state index >= 15 is 0 Å². The molecule has 5 nitrogen and oxygen atoms in total. The number of piperidine rings is 1. The Hall–Kier alpha value is -0.650. The number of nitrogens with zero attached hydrogens (tertiary/aromatic N) is 2. The molecular formula is C15H27N3O2. The Morgan fingerprint density at radius 2 is 2.10 bits per heavy atom. The molecule has 0 radical (unpaired) electrons. The zero-order chi connectivity index (χ0) is 14.1. The minimum absolute atomic E-state index is 0.403. The summed E-state index contributed by atoms with van der Waals surface area (Å²) in [6.07, 6.45) is 6.19. The van der Waals surface area contributed by atoms with Crippen LogP contribution in [0.3, 0.4) is 0 Å². The van der Waals surface area contributed by atoms with Gasteiger partial charge in [-0.1, -0.05) is 6.42 Å². The standard InChI is InChI=1S/C15H27N3O2/c1-11-8-17-7-3-2-4-13(17)9-18(11)10-14(15(19)20)16-12-5-6-12/h11-14,16H,2-10H2,1H3,(H,19,20). The normalized spacial score (nSPS) is 33.6. The van der Waals surface area contributed by atoms with E-state index in [0.29, 0.717) is 24.7 Å². The van der Waals surface area contributed by atoms with Crippen molar-refractivity contribution in [3.05, 3.63) is 0 Å². The van der Waals surface area contributed by atoms with Crippen molar-refractivity contribution in [1.82, 2.24) is 15.1 Å². The van der Waals surface area contributed by atoms with Crippen molar-refractivity contribution < 1.29 is 9.90 Å². The van der Waals surface area contributed by atoms with E-state index in [1.54, 1.807) is 0 Å². The monoisotopic (exact) mass is 281 g/mol. The molecule has 0 bridgehead atoms. The van der Waals surface area contributed by atoms with Crippen LogP contribution in [0.1, 0.15) is 39.0 Å². The van der Waals surface area contributed by atoms with Gasteiger partial charge in [-0.15, -0.1) is 0 Å². The van der Waals surface area contributed by atoms with Crippen LogP contribution in [0.25, 0.3) is 0 Å². The second kappa shape index (κ2) is 6.00. The molecule has 3 aliphatic rings. The largest absolute Gasteiger partial charge is 0.480 e. The Morgan fingerprint density at radius 1 is 1.30 bits per heavy atom. The Balaban J connectivity index is 1.58. The van der Waals surface area contributed by atoms with Crippen molar-refractivity contribution in [2.45, 2.75) is 63.2 Å². The maximum Gasteiger partial charge on any atom is 0.322 e. The molecule has 2 saturated heterocycles. The van der Waals surface area contributed by atoms with Crippen LogP contribution in [0.2, 0.25) is 0 Å². The summed E-state index contributed by atoms with van der Waals surface area (Å²) in [5.41, 5.74) is 0. The summed E-state index contributed by atoms with van der Waals surface area (Å²) in [5.74, 6) is -0.699. The molecule has 0 aromatic rings. The number of aliphatic carboxylic acids is 1. The third-order valence-electron chi connectivity index (χ3n) is 5.05. The first-order valence-corrected chi connectivity index (χ1v) is 8.10. The van der Waals surface area contributed by atoms with Gasteiger partial charge >= 0.3 is 5.97 Å². The summed E-state index contributed by atoms with van der Waals surface area (Å²) in [6, 6.07) is 1.16. The number of carboxylic acid groups (broad SMARTS) is 1. The molecule has 2 aliphatic heterocycles. The predicted molar refractivity (Wildman–Crippen MR) is 77.8 cm³/mol. The lowest BCUT2D eigenvalue weighted by Crippen LogP contribution is -2.61. The van der Waals surface area contributed by atoms with E-state index in [1.807, 2.05) is 0 Å². The molecule has 0 amide bonds. The fourth-order valence-corrected chi connectivity index (χ4v) is 3.64. The van der Waals surface area contributed by atoms with Gasteiger partial charge in [0.15, 0.2) is 0 Å². The summed E-state index contributed by atoms with van der Waals surface area (Å²) in [7, 11) is 0. The summed E-state index contributed by atoms with van der Waals surface area (Å²) in [6.45, 7) is 6.25. The van der Waals surface area contributed by atoms with Crippen LogP contribution < -0.4 is 5.32 Å². The molecule has 2 N–H and O–H groups in total. The topological polar surface area (TPSA) is 55.8 Å². The molecule has 3 fully saturated rings. The van der Waals surface area contributed by atoms with E-state index in [0.717, 1.165) is 25.9 Å². The van der Waals surface area contributed by atoms with E-state index in [-0.39, 0.29) is 0 Å². The highest BCUT2D eigenvalue weighted by atomic mass is 16.4. The van der Waals surface area contributed by atoms with Crippen LogP contribution in [-0.2, 0) is 4.79 Å². The van der Waals surface area contributed by atoms with Crippen molar-refractivity contribution in [2.75, 3.05) is 26.2 Å². The van der Waals surface area contributed by atoms with E-state index in [9.17, 15) is 9.90 Å². The van der Waals surface area contributed by atoms with Gasteiger partial charge in [-0.3, -0.25) is 14.6 Å². The lowest BCUT2D eigenvalue weighted by Gasteiger charge is -2.48. The van der Waals surface area contributed by atoms with Crippen LogP contribution in [-0.4, -0.2) is 71.2 Å². The Labute approximate surface area is 121 Å². The summed E-state index contributed by atoms with van der Waals surface area (Å²) >= 11 is 0. The molecule has 5 heteroatoms. The average molecular weight is 281 g/mol. The van der Waals surface area contributed by atoms with Crippen LogP contribution in [0.15, 0.2) is 0 Å². The third-order valence-corrected chi connectivity index (χ3v) is 5.05. The molecular weight excluding hydrogens is 254 g/mol. The third kappa shape index (κ3) is 3.32. The molecule has 3 rings (SSSR count). The number of hydrogen-bond donors (Lipinski definition) is 2. The maximum absolute atomic E-state index is 11.4. The molecule has 0 aromatic carbocycles. The van der Waals surface area contributed by atoms with Crippen molar-refractivity contribution >= 4 is 5.97 Å². The van der Waals surface area contributed by atoms with Crippen LogP contribution >= 0.6 is 0 Å². The van der Waals surface area contributed by atoms with Gasteiger partial charge in [0.05, 0.1) is 0 Å². The molecule has 114 valence electrons. The van der Waals surface area contributed by atoms with Crippen molar-refractivity contribution in [1.29, 1.82) is 0 Å². The lowest BCUT2D eigenvalue weighted by molar-refractivity contribution is -0.140. The average Bonchev–Trinajstić information content (AvgIpc) is 3.22. The zero-order valence-electron chi connectivity index (χ0n) is 12.4. The van der Waals surface area contributed by atoms with Gasteiger partial charge in [-0.25, -0.2) is 0 Å². The number of fused-ring (bicyclic) bond motifs is 1. The summed E-state index contributed by atoms with van der Waals surface area (Å²) < 4.78 is 0. The van der Waals surface area contributed by atoms with Crippen molar-refractivity contribution in [3.63, 3.8) is 0 Å². The molecule has 0 aromatic heterocycles. The first-order valence-electron chi connectivity index (χ1n) is 8.10. The first-order chi connectivity index (χ1) is 9.63. The van der Waals surface area contributed by atoms with Crippen LogP contribution in [0.5, 0.6) is 0 Å². The highest BCUT2D eigenvalue weighted by molar-refractivity contribution is 5.73. The fraction of sp³-hybridized carbons (Fsp3) is 0.933. The Morgan fingerprint density at radius 3 is 2.80 bits per heavy atom. The first kappa shape index (κ1) is 14.3. The van der Waals surface area contributed by atoms with Gasteiger partial charge in [0.25, 0.3) is 0 Å². The van der Waals surface area contributed by atoms with Gasteiger partial charge in [0.2, 0.25) is 0 Å². The highest BCUT2D eigenvalue weighted by Crippen LogP contribution is 2.25. The number of rotatable bonds is 5. The lowest BCUT2D eigenvalue weighted by atomic mass is 9.97. The summed E-state index contributed by atoms with van der Waals surface area (Å²) in [4.78, 5) is 16.4. The van der Waals surface area contributed by atoms with Crippen molar-refractivity contribution in [2.24, 2.45) is 0 Å². The van der Waals surface area contributed by atoms with Crippen LogP contribution in [0.4, 0.5) is 0 Å². The number of hydrogen-bond acceptors (Lipinski definition) is 4. The summed E-state index contributed by atoms with van der Waals surface area (Å²) in [5, 5.41) is 12.7. The van der Waals surface area contributed by atoms with E-state index < -0.39 is 12.0 Å². The van der Waals surface area contributed by atoms with E-state index in [4.69, 9.17) is 0 Å². The quantitative estimate of drug-likeness (QED) is 0.779. The van der Waals surface area contributed by atoms with E-state index in [1.165, 1.54) is 25.8 Å². The van der Waals surface area contributed by atoms with Gasteiger partial charge < -0.3 is 10.4 Å². The van der Waals surface area contributed by atoms with Gasteiger partial charge in [-0.05, 0) is 39.2 Å². The number of carboxylic acids is 1. The van der Waals surface area contributed by atoms with E-state index in [2.05, 4.69) is 22.0 Å². The second-order valence-electron chi connectivity index (χ2n) is 6.78. The Bertz CT molecular complexity index is 359. The van der Waals surface area contributed by atoms with Crippen molar-refractivity contribution in [3.8, 4) is 0 Å². The fourth-order valence-electron chi connectivity index (χ4n) is 3.64. The van der Waals surface area contributed by atoms with Gasteiger partial charge in [-0.2, -0.15) is 0 Å². The zero-order valence-corrected chi connectivity index (χ0v) is 12.4. The molecule has 0 spiro atoms. The Kier molecular flexibility index (Phi) is 4.29. The van der Waals surface area contributed by atoms with Gasteiger partial charge in [0.1, 0.15) is 6.04 Å². The second-order valence-corrected chi connectivity index (χ2v) is 6.78.